The number of phenolic OH excluding ortho intramolecular Hbond substituents is 1. The molecule has 10 nitrogen and oxygen atoms in total. The van der Waals surface area contributed by atoms with Crippen LogP contribution in [0.5, 0.6) is 11.5 Å². The Kier molecular flexibility index (Phi) is 12.9. The Morgan fingerprint density at radius 3 is 2.38 bits per heavy atom. The Bertz CT molecular complexity index is 1820. The van der Waals surface area contributed by atoms with Gasteiger partial charge in [0.15, 0.2) is 0 Å². The Balaban J connectivity index is 0.913. The molecule has 1 amide bonds. The van der Waals surface area contributed by atoms with E-state index >= 15 is 0 Å². The maximum absolute atomic E-state index is 13.0. The molecule has 3 atom stereocenters. The molecule has 0 radical (unpaired) electrons. The van der Waals surface area contributed by atoms with Gasteiger partial charge in [0, 0.05) is 24.5 Å². The maximum atomic E-state index is 13.0. The summed E-state index contributed by atoms with van der Waals surface area (Å²) in [6, 6.07) is 22.1. The number of pyridine rings is 1. The van der Waals surface area contributed by atoms with Crippen LogP contribution in [0.4, 0.5) is 4.79 Å². The molecule has 10 heteroatoms. The normalized spacial score (nSPS) is 19.4. The molecule has 3 aliphatic heterocycles. The van der Waals surface area contributed by atoms with Gasteiger partial charge >= 0.3 is 6.09 Å². The predicted octanol–water partition coefficient (Wildman–Crippen LogP) is 7.14. The molecule has 3 fully saturated rings. The van der Waals surface area contributed by atoms with Crippen LogP contribution in [0.15, 0.2) is 77.6 Å². The van der Waals surface area contributed by atoms with Crippen LogP contribution in [-0.2, 0) is 0 Å². The quantitative estimate of drug-likeness (QED) is 0.0688. The minimum Gasteiger partial charge on any atom is -0.506 e. The second-order valence-corrected chi connectivity index (χ2v) is 14.6. The van der Waals surface area contributed by atoms with E-state index in [1.807, 2.05) is 24.3 Å². The fraction of sp³-hybridized carbons (Fsp3) is 0.476. The summed E-state index contributed by atoms with van der Waals surface area (Å²) in [4.78, 5) is 31.4. The number of nitrogens with one attached hydrogen (secondary N) is 2. The molecule has 7 rings (SSSR count). The Hall–Kier alpha value is -4.38. The van der Waals surface area contributed by atoms with Gasteiger partial charge in [0.25, 0.3) is 0 Å². The summed E-state index contributed by atoms with van der Waals surface area (Å²) in [5.74, 6) is 1.15. The highest BCUT2D eigenvalue weighted by Gasteiger charge is 2.43. The van der Waals surface area contributed by atoms with Gasteiger partial charge < -0.3 is 35.3 Å². The first-order valence-corrected chi connectivity index (χ1v) is 19.0. The van der Waals surface area contributed by atoms with Crippen LogP contribution in [0, 0.1) is 12.8 Å². The van der Waals surface area contributed by atoms with E-state index in [2.05, 4.69) is 46.4 Å². The lowest BCUT2D eigenvalue weighted by atomic mass is 9.81. The average molecular weight is 711 g/mol. The summed E-state index contributed by atoms with van der Waals surface area (Å²) < 4.78 is 6.21. The third kappa shape index (κ3) is 9.34. The van der Waals surface area contributed by atoms with Crippen LogP contribution in [0.3, 0.4) is 0 Å². The van der Waals surface area contributed by atoms with Crippen LogP contribution in [0.2, 0.25) is 0 Å². The molecule has 0 aliphatic carbocycles. The first-order chi connectivity index (χ1) is 25.3. The van der Waals surface area contributed by atoms with Gasteiger partial charge in [-0.3, -0.25) is 9.69 Å². The number of unbranched alkanes of at least 4 members (excludes halogenated alkanes) is 6. The minimum absolute atomic E-state index is 0.0119. The van der Waals surface area contributed by atoms with E-state index in [-0.39, 0.29) is 17.4 Å². The number of phenols is 1. The SMILES string of the molecule is Cc1ccc(C(c2cccc(OCCCCCCCCCNC[C@H](O)c3ccc(O)c4[nH]c(=O)ccc34)c2)N(C(=O)O)[C@H]2CN3CCC2CC3)cc1. The molecule has 1 unspecified atom stereocenters. The fourth-order valence-electron chi connectivity index (χ4n) is 8.05. The summed E-state index contributed by atoms with van der Waals surface area (Å²) in [5, 5.41) is 35.4. The van der Waals surface area contributed by atoms with Gasteiger partial charge in [-0.2, -0.15) is 0 Å². The molecule has 2 bridgehead atoms. The van der Waals surface area contributed by atoms with E-state index < -0.39 is 18.2 Å². The lowest BCUT2D eigenvalue weighted by Gasteiger charge is -2.50. The first kappa shape index (κ1) is 37.4. The van der Waals surface area contributed by atoms with E-state index in [0.717, 1.165) is 100.0 Å². The number of hydrogen-bond acceptors (Lipinski definition) is 7. The van der Waals surface area contributed by atoms with Crippen molar-refractivity contribution in [2.75, 3.05) is 39.3 Å². The zero-order valence-corrected chi connectivity index (χ0v) is 30.3. The zero-order chi connectivity index (χ0) is 36.5. The number of aryl methyl sites for hydroxylation is 1. The van der Waals surface area contributed by atoms with Crippen molar-refractivity contribution in [1.82, 2.24) is 20.1 Å². The minimum atomic E-state index is -0.870. The number of ether oxygens (including phenoxy) is 1. The summed E-state index contributed by atoms with van der Waals surface area (Å²) in [7, 11) is 0. The van der Waals surface area contributed by atoms with Crippen molar-refractivity contribution in [1.29, 1.82) is 0 Å². The van der Waals surface area contributed by atoms with E-state index in [1.54, 1.807) is 17.0 Å². The summed E-state index contributed by atoms with van der Waals surface area (Å²) in [6.07, 6.45) is 8.15. The standard InChI is InChI=1S/C42H54N4O6/c1-29-12-14-31(15-13-29)41(46(42(50)51)36-28-45-23-20-30(36)21-24-45)32-10-9-11-33(26-32)52-25-8-6-4-2-3-5-7-22-43-27-38(48)34-16-18-37(47)40-35(34)17-19-39(49)44-40/h9-19,26,30,36,38,41,43,47-48H,2-8,20-25,27-28H2,1H3,(H,44,49)(H,50,51)/t36-,38-,41?/m0/s1. The number of carbonyl (C=O) groups is 1. The van der Waals surface area contributed by atoms with Gasteiger partial charge in [0.1, 0.15) is 11.5 Å². The van der Waals surface area contributed by atoms with Crippen LogP contribution >= 0.6 is 0 Å². The molecule has 52 heavy (non-hydrogen) atoms. The molecular formula is C42H54N4O6. The number of aromatic nitrogens is 1. The summed E-state index contributed by atoms with van der Waals surface area (Å²) in [6.45, 7) is 6.80. The van der Waals surface area contributed by atoms with Gasteiger partial charge in [-0.05, 0) is 99.1 Å². The number of aromatic amines is 1. The highest BCUT2D eigenvalue weighted by molar-refractivity contribution is 5.87. The van der Waals surface area contributed by atoms with Crippen molar-refractivity contribution in [3.63, 3.8) is 0 Å². The number of amides is 1. The third-order valence-corrected chi connectivity index (χ3v) is 10.9. The lowest BCUT2D eigenvalue weighted by molar-refractivity contribution is -0.000812. The largest absolute Gasteiger partial charge is 0.506 e. The molecule has 0 spiro atoms. The van der Waals surface area contributed by atoms with Crippen LogP contribution < -0.4 is 15.6 Å². The van der Waals surface area contributed by atoms with Crippen molar-refractivity contribution in [3.05, 3.63) is 105 Å². The van der Waals surface area contributed by atoms with Gasteiger partial charge in [0.2, 0.25) is 5.56 Å². The Morgan fingerprint density at radius 2 is 1.67 bits per heavy atom. The molecule has 4 heterocycles. The van der Waals surface area contributed by atoms with Crippen LogP contribution in [0.25, 0.3) is 10.9 Å². The zero-order valence-electron chi connectivity index (χ0n) is 30.3. The van der Waals surface area contributed by atoms with Gasteiger partial charge in [-0.15, -0.1) is 0 Å². The predicted molar refractivity (Wildman–Crippen MR) is 204 cm³/mol. The Morgan fingerprint density at radius 1 is 0.942 bits per heavy atom. The van der Waals surface area contributed by atoms with Gasteiger partial charge in [0.05, 0.1) is 30.3 Å². The number of carboxylic acid groups (broad SMARTS) is 1. The molecule has 3 aromatic carbocycles. The smallest absolute Gasteiger partial charge is 0.408 e. The van der Waals surface area contributed by atoms with Crippen molar-refractivity contribution in [3.8, 4) is 11.5 Å². The summed E-state index contributed by atoms with van der Waals surface area (Å²) in [5.41, 5.74) is 3.79. The molecular weight excluding hydrogens is 656 g/mol. The first-order valence-electron chi connectivity index (χ1n) is 19.0. The maximum Gasteiger partial charge on any atom is 0.408 e. The summed E-state index contributed by atoms with van der Waals surface area (Å²) >= 11 is 0. The second kappa shape index (κ2) is 17.9. The third-order valence-electron chi connectivity index (χ3n) is 10.9. The number of piperidine rings is 3. The molecule has 0 saturated carbocycles. The number of aliphatic hydroxyl groups excluding tert-OH is 1. The second-order valence-electron chi connectivity index (χ2n) is 14.6. The van der Waals surface area contributed by atoms with Crippen LogP contribution in [-0.4, -0.2) is 81.6 Å². The van der Waals surface area contributed by atoms with Gasteiger partial charge in [-0.1, -0.05) is 80.1 Å². The van der Waals surface area contributed by atoms with Crippen molar-refractivity contribution in [2.45, 2.75) is 82.9 Å². The highest BCUT2D eigenvalue weighted by atomic mass is 16.5. The van der Waals surface area contributed by atoms with E-state index in [0.29, 0.717) is 35.5 Å². The van der Waals surface area contributed by atoms with Gasteiger partial charge in [-0.25, -0.2) is 4.79 Å². The Labute approximate surface area is 306 Å². The van der Waals surface area contributed by atoms with E-state index in [1.165, 1.54) is 18.6 Å². The topological polar surface area (TPSA) is 138 Å². The number of aromatic hydroxyl groups is 1. The number of aliphatic hydroxyl groups is 1. The molecule has 4 aromatic rings. The molecule has 1 aromatic heterocycles. The van der Waals surface area contributed by atoms with E-state index in [9.17, 15) is 24.9 Å². The fourth-order valence-corrected chi connectivity index (χ4v) is 8.05. The highest BCUT2D eigenvalue weighted by Crippen LogP contribution is 2.39. The number of nitrogens with zero attached hydrogens (tertiary/aromatic N) is 2. The monoisotopic (exact) mass is 710 g/mol. The molecule has 5 N–H and O–H groups in total. The number of benzene rings is 3. The number of rotatable bonds is 18. The van der Waals surface area contributed by atoms with Crippen molar-refractivity contribution < 1.29 is 24.9 Å². The van der Waals surface area contributed by atoms with Crippen molar-refractivity contribution >= 4 is 17.0 Å². The molecule has 3 saturated heterocycles. The van der Waals surface area contributed by atoms with E-state index in [4.69, 9.17) is 4.74 Å². The number of H-pyrrole nitrogens is 1. The van der Waals surface area contributed by atoms with Crippen LogP contribution in [0.1, 0.15) is 92.2 Å². The molecule has 278 valence electrons. The average Bonchev–Trinajstić information content (AvgIpc) is 3.15. The molecule has 3 aliphatic rings. The number of fused-ring (bicyclic) bond motifs is 4. The van der Waals surface area contributed by atoms with Crippen molar-refractivity contribution in [2.24, 2.45) is 5.92 Å². The lowest BCUT2D eigenvalue weighted by Crippen LogP contribution is -2.59. The number of hydrogen-bond donors (Lipinski definition) is 5.